The maximum Gasteiger partial charge on any atom is 0.272 e. The summed E-state index contributed by atoms with van der Waals surface area (Å²) in [4.78, 5) is 40.2. The van der Waals surface area contributed by atoms with Crippen molar-refractivity contribution in [2.45, 2.75) is 32.1 Å². The van der Waals surface area contributed by atoms with Gasteiger partial charge in [-0.05, 0) is 30.2 Å². The number of hydrogen-bond donors (Lipinski definition) is 2. The second kappa shape index (κ2) is 9.38. The third-order valence-electron chi connectivity index (χ3n) is 6.11. The summed E-state index contributed by atoms with van der Waals surface area (Å²) < 4.78 is 6.64. The number of amides is 3. The first-order chi connectivity index (χ1) is 16.3. The van der Waals surface area contributed by atoms with Crippen LogP contribution in [0.1, 0.15) is 39.0 Å². The smallest absolute Gasteiger partial charge is 0.272 e. The lowest BCUT2D eigenvalue weighted by Gasteiger charge is -2.40. The molecule has 0 saturated heterocycles. The topological polar surface area (TPSA) is 106 Å². The van der Waals surface area contributed by atoms with Gasteiger partial charge in [0.1, 0.15) is 17.0 Å². The van der Waals surface area contributed by atoms with E-state index < -0.39 is 11.4 Å². The van der Waals surface area contributed by atoms with Crippen molar-refractivity contribution in [3.63, 3.8) is 0 Å². The van der Waals surface area contributed by atoms with Gasteiger partial charge in [0.2, 0.25) is 5.91 Å². The summed E-state index contributed by atoms with van der Waals surface area (Å²) >= 11 is 0. The van der Waals surface area contributed by atoms with Crippen LogP contribution in [0.3, 0.4) is 0 Å². The van der Waals surface area contributed by atoms with Crippen molar-refractivity contribution in [2.24, 2.45) is 0 Å². The summed E-state index contributed by atoms with van der Waals surface area (Å²) in [6.45, 7) is 2.46. The minimum Gasteiger partial charge on any atom is -0.497 e. The molecule has 0 unspecified atom stereocenters. The van der Waals surface area contributed by atoms with E-state index in [-0.39, 0.29) is 36.3 Å². The lowest BCUT2D eigenvalue weighted by Crippen LogP contribution is -2.62. The second-order valence-electron chi connectivity index (χ2n) is 8.41. The van der Waals surface area contributed by atoms with E-state index in [1.54, 1.807) is 21.1 Å². The minimum atomic E-state index is -1.15. The Morgan fingerprint density at radius 1 is 1.03 bits per heavy atom. The number of nitrogens with one attached hydrogen (secondary N) is 2. The predicted octanol–water partition coefficient (Wildman–Crippen LogP) is 1.98. The number of ether oxygens (including phenoxy) is 1. The van der Waals surface area contributed by atoms with E-state index >= 15 is 0 Å². The van der Waals surface area contributed by atoms with Crippen molar-refractivity contribution >= 4 is 17.7 Å². The number of nitrogens with zero attached hydrogens (tertiary/aromatic N) is 3. The fourth-order valence-electron chi connectivity index (χ4n) is 3.86. The molecule has 4 rings (SSSR count). The average Bonchev–Trinajstić information content (AvgIpc) is 3.29. The molecular weight excluding hydrogens is 434 g/mol. The first kappa shape index (κ1) is 23.0. The van der Waals surface area contributed by atoms with Crippen molar-refractivity contribution in [1.82, 2.24) is 25.3 Å². The van der Waals surface area contributed by atoms with E-state index in [4.69, 9.17) is 4.74 Å². The molecule has 3 amide bonds. The van der Waals surface area contributed by atoms with Crippen LogP contribution in [0.25, 0.3) is 0 Å². The normalized spacial score (nSPS) is 17.1. The second-order valence-corrected chi connectivity index (χ2v) is 8.41. The van der Waals surface area contributed by atoms with Gasteiger partial charge in [-0.1, -0.05) is 42.5 Å². The zero-order valence-electron chi connectivity index (χ0n) is 19.4. The number of fused-ring (bicyclic) bond motifs is 1. The minimum absolute atomic E-state index is 0.119. The fourth-order valence-corrected chi connectivity index (χ4v) is 3.86. The maximum atomic E-state index is 13.1. The van der Waals surface area contributed by atoms with Crippen molar-refractivity contribution in [3.8, 4) is 5.75 Å². The van der Waals surface area contributed by atoms with Gasteiger partial charge in [0.05, 0.1) is 13.7 Å². The highest BCUT2D eigenvalue weighted by Gasteiger charge is 2.46. The van der Waals surface area contributed by atoms with Gasteiger partial charge in [-0.2, -0.15) is 5.10 Å². The predicted molar refractivity (Wildman–Crippen MR) is 125 cm³/mol. The molecule has 0 bridgehead atoms. The molecule has 0 aliphatic carbocycles. The first-order valence-corrected chi connectivity index (χ1v) is 10.9. The van der Waals surface area contributed by atoms with E-state index in [1.165, 1.54) is 15.6 Å². The maximum absolute atomic E-state index is 13.1. The van der Waals surface area contributed by atoms with Gasteiger partial charge < -0.3 is 20.3 Å². The number of carbonyl (C=O) groups is 3. The summed E-state index contributed by atoms with van der Waals surface area (Å²) in [6.07, 6.45) is 0. The monoisotopic (exact) mass is 461 g/mol. The molecule has 3 aromatic rings. The lowest BCUT2D eigenvalue weighted by atomic mass is 9.96. The van der Waals surface area contributed by atoms with Crippen molar-refractivity contribution < 1.29 is 19.1 Å². The molecule has 9 nitrogen and oxygen atoms in total. The van der Waals surface area contributed by atoms with E-state index in [0.717, 1.165) is 11.1 Å². The van der Waals surface area contributed by atoms with E-state index in [1.807, 2.05) is 54.6 Å². The Morgan fingerprint density at radius 2 is 1.74 bits per heavy atom. The van der Waals surface area contributed by atoms with Gasteiger partial charge in [0, 0.05) is 26.2 Å². The number of hydrogen-bond acceptors (Lipinski definition) is 5. The Bertz CT molecular complexity index is 1220. The SMILES string of the molecule is COc1cccc(CNC(=O)c2cc3n(n2)C[C@](C)(C(=O)NCc2ccccc2)N(C)C3=O)c1. The van der Waals surface area contributed by atoms with Gasteiger partial charge in [-0.3, -0.25) is 19.1 Å². The third kappa shape index (κ3) is 4.50. The largest absolute Gasteiger partial charge is 0.497 e. The van der Waals surface area contributed by atoms with Crippen LogP contribution in [0.5, 0.6) is 5.75 Å². The molecule has 1 atom stereocenters. The Labute approximate surface area is 197 Å². The van der Waals surface area contributed by atoms with Crippen LogP contribution in [0.15, 0.2) is 60.7 Å². The molecule has 2 heterocycles. The molecule has 34 heavy (non-hydrogen) atoms. The van der Waals surface area contributed by atoms with Crippen LogP contribution in [0.2, 0.25) is 0 Å². The quantitative estimate of drug-likeness (QED) is 0.560. The number of carbonyl (C=O) groups excluding carboxylic acids is 3. The Balaban J connectivity index is 1.46. The molecule has 0 radical (unpaired) electrons. The summed E-state index contributed by atoms with van der Waals surface area (Å²) in [5.41, 5.74) is 1.06. The third-order valence-corrected chi connectivity index (χ3v) is 6.11. The van der Waals surface area contributed by atoms with Gasteiger partial charge in [-0.15, -0.1) is 0 Å². The van der Waals surface area contributed by atoms with Gasteiger partial charge in [0.25, 0.3) is 11.8 Å². The number of likely N-dealkylation sites (N-methyl/N-ethyl adjacent to an activating group) is 1. The highest BCUT2D eigenvalue weighted by atomic mass is 16.5. The zero-order chi connectivity index (χ0) is 24.3. The summed E-state index contributed by atoms with van der Waals surface area (Å²) in [5, 5.41) is 10.0. The molecular formula is C25H27N5O4. The van der Waals surface area contributed by atoms with Gasteiger partial charge in [-0.25, -0.2) is 0 Å². The molecule has 0 fully saturated rings. The van der Waals surface area contributed by atoms with E-state index in [9.17, 15) is 14.4 Å². The molecule has 2 N–H and O–H groups in total. The molecule has 0 saturated carbocycles. The Kier molecular flexibility index (Phi) is 6.36. The number of rotatable bonds is 7. The first-order valence-electron chi connectivity index (χ1n) is 10.9. The van der Waals surface area contributed by atoms with Crippen molar-refractivity contribution in [1.29, 1.82) is 0 Å². The van der Waals surface area contributed by atoms with Gasteiger partial charge >= 0.3 is 0 Å². The molecule has 1 aliphatic rings. The average molecular weight is 462 g/mol. The van der Waals surface area contributed by atoms with Crippen LogP contribution < -0.4 is 15.4 Å². The number of methoxy groups -OCH3 is 1. The van der Waals surface area contributed by atoms with Crippen LogP contribution in [0, 0.1) is 0 Å². The van der Waals surface area contributed by atoms with Crippen LogP contribution >= 0.6 is 0 Å². The van der Waals surface area contributed by atoms with Crippen molar-refractivity contribution in [2.75, 3.05) is 14.2 Å². The van der Waals surface area contributed by atoms with Crippen LogP contribution in [-0.2, 0) is 24.4 Å². The Hall–Kier alpha value is -4.14. The Morgan fingerprint density at radius 3 is 2.47 bits per heavy atom. The molecule has 176 valence electrons. The highest BCUT2D eigenvalue weighted by Crippen LogP contribution is 2.26. The number of benzene rings is 2. The molecule has 2 aromatic carbocycles. The highest BCUT2D eigenvalue weighted by molar-refractivity contribution is 6.01. The summed E-state index contributed by atoms with van der Waals surface area (Å²) in [7, 11) is 3.17. The zero-order valence-corrected chi connectivity index (χ0v) is 19.4. The van der Waals surface area contributed by atoms with Crippen LogP contribution in [-0.4, -0.2) is 52.1 Å². The van der Waals surface area contributed by atoms with Crippen LogP contribution in [0.4, 0.5) is 0 Å². The molecule has 1 aromatic heterocycles. The van der Waals surface area contributed by atoms with Gasteiger partial charge in [0.15, 0.2) is 5.69 Å². The number of aromatic nitrogens is 2. The van der Waals surface area contributed by atoms with E-state index in [2.05, 4.69) is 15.7 Å². The molecule has 1 aliphatic heterocycles. The fraction of sp³-hybridized carbons (Fsp3) is 0.280. The standard InChI is InChI=1S/C25H27N5O4/c1-25(24(33)27-14-17-8-5-4-6-9-17)16-30-21(23(32)29(25)2)13-20(28-30)22(31)26-15-18-10-7-11-19(12-18)34-3/h4-13H,14-16H2,1-3H3,(H,26,31)(H,27,33)/t25-/m1/s1. The molecule has 9 heteroatoms. The summed E-state index contributed by atoms with van der Waals surface area (Å²) in [6, 6.07) is 18.4. The lowest BCUT2D eigenvalue weighted by molar-refractivity contribution is -0.132. The van der Waals surface area contributed by atoms with E-state index in [0.29, 0.717) is 12.3 Å². The summed E-state index contributed by atoms with van der Waals surface area (Å²) in [5.74, 6) is -0.376. The van der Waals surface area contributed by atoms with Crippen molar-refractivity contribution in [3.05, 3.63) is 83.2 Å². The molecule has 0 spiro atoms.